The summed E-state index contributed by atoms with van der Waals surface area (Å²) >= 11 is 0. The van der Waals surface area contributed by atoms with E-state index in [0.29, 0.717) is 48.8 Å². The number of carbonyl (C=O) groups excluding carboxylic acids is 2. The fourth-order valence-corrected chi connectivity index (χ4v) is 6.30. The molecule has 0 spiro atoms. The zero-order valence-electron chi connectivity index (χ0n) is 22.9. The van der Waals surface area contributed by atoms with Gasteiger partial charge in [-0.2, -0.15) is 0 Å². The van der Waals surface area contributed by atoms with Gasteiger partial charge in [0, 0.05) is 11.3 Å². The number of ether oxygens (including phenoxy) is 2. The Bertz CT molecular complexity index is 1280. The Morgan fingerprint density at radius 1 is 1.05 bits per heavy atom. The number of hydrogen-bond acceptors (Lipinski definition) is 9. The SMILES string of the molecule is CCCCOc1nc(C)cc2c1C(O)=C1C(=O)C3C(=O)c4c(OCCCC)noc4[C@@H](N(C)C)C3CC1C2. The normalized spacial score (nSPS) is 24.2. The number of carbonyl (C=O) groups is 2. The van der Waals surface area contributed by atoms with Gasteiger partial charge in [-0.3, -0.25) is 14.5 Å². The molecule has 1 N–H and O–H groups in total. The minimum absolute atomic E-state index is 0.108. The van der Waals surface area contributed by atoms with E-state index in [1.165, 1.54) is 0 Å². The molecule has 204 valence electrons. The Morgan fingerprint density at radius 2 is 1.74 bits per heavy atom. The minimum Gasteiger partial charge on any atom is -0.507 e. The second-order valence-electron chi connectivity index (χ2n) is 10.9. The predicted octanol–water partition coefficient (Wildman–Crippen LogP) is 4.88. The summed E-state index contributed by atoms with van der Waals surface area (Å²) in [5, 5.41) is 15.6. The van der Waals surface area contributed by atoms with Gasteiger partial charge in [0.15, 0.2) is 17.3 Å². The van der Waals surface area contributed by atoms with E-state index in [1.54, 1.807) is 0 Å². The topological polar surface area (TPSA) is 115 Å². The number of allylic oxidation sites excluding steroid dienone is 1. The molecule has 4 atom stereocenters. The first kappa shape index (κ1) is 26.4. The first-order valence-electron chi connectivity index (χ1n) is 13.7. The third kappa shape index (κ3) is 4.30. The van der Waals surface area contributed by atoms with Crippen LogP contribution in [0.3, 0.4) is 0 Å². The van der Waals surface area contributed by atoms with Crippen molar-refractivity contribution < 1.29 is 28.7 Å². The third-order valence-electron chi connectivity index (χ3n) is 8.02. The van der Waals surface area contributed by atoms with Gasteiger partial charge in [-0.15, -0.1) is 0 Å². The Morgan fingerprint density at radius 3 is 2.39 bits per heavy atom. The number of aromatic nitrogens is 2. The van der Waals surface area contributed by atoms with E-state index in [1.807, 2.05) is 32.0 Å². The number of unbranched alkanes of at least 4 members (excludes halogenated alkanes) is 2. The summed E-state index contributed by atoms with van der Waals surface area (Å²) in [6.07, 6.45) is 4.71. The summed E-state index contributed by atoms with van der Waals surface area (Å²) in [7, 11) is 3.83. The molecule has 5 rings (SSSR count). The van der Waals surface area contributed by atoms with Crippen LogP contribution >= 0.6 is 0 Å². The standard InChI is InChI=1S/C29H37N3O6/c1-6-8-10-36-28-20-16(12-15(3)30-28)13-17-14-18-21(25(34)19(17)24(20)33)26(35)22-27(23(18)32(4)5)38-31-29(22)37-11-9-7-2/h12,17-18,21,23,33H,6-11,13-14H2,1-5H3/t17?,18?,21?,23-/m0/s1. The molecule has 0 aliphatic heterocycles. The Balaban J connectivity index is 1.57. The number of aryl methyl sites for hydroxylation is 1. The number of nitrogens with zero attached hydrogens (tertiary/aromatic N) is 3. The number of aliphatic hydroxyl groups excluding tert-OH is 1. The summed E-state index contributed by atoms with van der Waals surface area (Å²) in [6, 6.07) is 1.64. The van der Waals surface area contributed by atoms with Crippen LogP contribution < -0.4 is 9.47 Å². The smallest absolute Gasteiger partial charge is 0.265 e. The molecule has 0 bridgehead atoms. The molecule has 2 aromatic heterocycles. The highest BCUT2D eigenvalue weighted by molar-refractivity contribution is 6.20. The Labute approximate surface area is 223 Å². The van der Waals surface area contributed by atoms with Gasteiger partial charge < -0.3 is 19.1 Å². The monoisotopic (exact) mass is 523 g/mol. The second kappa shape index (κ2) is 10.5. The summed E-state index contributed by atoms with van der Waals surface area (Å²) in [5.74, 6) is -1.30. The molecule has 9 heteroatoms. The van der Waals surface area contributed by atoms with Crippen molar-refractivity contribution in [1.29, 1.82) is 0 Å². The Kier molecular flexibility index (Phi) is 7.31. The largest absolute Gasteiger partial charge is 0.507 e. The maximum absolute atomic E-state index is 14.1. The molecule has 9 nitrogen and oxygen atoms in total. The third-order valence-corrected chi connectivity index (χ3v) is 8.02. The lowest BCUT2D eigenvalue weighted by atomic mass is 9.59. The summed E-state index contributed by atoms with van der Waals surface area (Å²) in [5.41, 5.74) is 2.75. The van der Waals surface area contributed by atoms with E-state index < -0.39 is 5.92 Å². The predicted molar refractivity (Wildman–Crippen MR) is 140 cm³/mol. The van der Waals surface area contributed by atoms with E-state index >= 15 is 0 Å². The fraction of sp³-hybridized carbons (Fsp3) is 0.586. The molecule has 3 aliphatic carbocycles. The molecule has 1 saturated carbocycles. The highest BCUT2D eigenvalue weighted by Crippen LogP contribution is 2.54. The van der Waals surface area contributed by atoms with Crippen LogP contribution in [0.25, 0.3) is 5.76 Å². The zero-order chi connectivity index (χ0) is 27.1. The number of fused-ring (bicyclic) bond motifs is 4. The lowest BCUT2D eigenvalue weighted by molar-refractivity contribution is -0.123. The summed E-state index contributed by atoms with van der Waals surface area (Å²) in [4.78, 5) is 34.5. The van der Waals surface area contributed by atoms with Crippen molar-refractivity contribution in [3.8, 4) is 11.8 Å². The molecule has 2 aromatic rings. The summed E-state index contributed by atoms with van der Waals surface area (Å²) < 4.78 is 17.5. The molecular formula is C29H37N3O6. The molecule has 1 fully saturated rings. The van der Waals surface area contributed by atoms with Crippen molar-refractivity contribution >= 4 is 17.3 Å². The molecule has 0 aromatic carbocycles. The van der Waals surface area contributed by atoms with Crippen molar-refractivity contribution in [2.75, 3.05) is 27.3 Å². The number of pyridine rings is 1. The van der Waals surface area contributed by atoms with Crippen LogP contribution in [0.4, 0.5) is 0 Å². The van der Waals surface area contributed by atoms with Crippen LogP contribution in [0.5, 0.6) is 11.8 Å². The molecule has 2 heterocycles. The van der Waals surface area contributed by atoms with E-state index in [0.717, 1.165) is 36.9 Å². The molecule has 38 heavy (non-hydrogen) atoms. The first-order valence-corrected chi connectivity index (χ1v) is 13.7. The van der Waals surface area contributed by atoms with Gasteiger partial charge in [0.05, 0.1) is 30.7 Å². The van der Waals surface area contributed by atoms with Gasteiger partial charge in [-0.05, 0) is 75.3 Å². The number of ketones is 2. The maximum atomic E-state index is 14.1. The number of rotatable bonds is 9. The molecule has 3 aliphatic rings. The molecular weight excluding hydrogens is 486 g/mol. The van der Waals surface area contributed by atoms with Crippen molar-refractivity contribution in [3.05, 3.63) is 39.8 Å². The number of hydrogen-bond donors (Lipinski definition) is 1. The van der Waals surface area contributed by atoms with Crippen LogP contribution in [-0.4, -0.2) is 59.0 Å². The lowest BCUT2D eigenvalue weighted by Crippen LogP contribution is -2.49. The average molecular weight is 524 g/mol. The average Bonchev–Trinajstić information content (AvgIpc) is 3.27. The van der Waals surface area contributed by atoms with Crippen molar-refractivity contribution in [1.82, 2.24) is 15.0 Å². The molecule has 0 saturated heterocycles. The highest BCUT2D eigenvalue weighted by atomic mass is 16.5. The van der Waals surface area contributed by atoms with Crippen molar-refractivity contribution in [3.63, 3.8) is 0 Å². The minimum atomic E-state index is -0.944. The van der Waals surface area contributed by atoms with Gasteiger partial charge in [0.25, 0.3) is 5.88 Å². The quantitative estimate of drug-likeness (QED) is 0.363. The van der Waals surface area contributed by atoms with Crippen LogP contribution in [0, 0.1) is 24.7 Å². The van der Waals surface area contributed by atoms with Gasteiger partial charge in [-0.25, -0.2) is 4.98 Å². The maximum Gasteiger partial charge on any atom is 0.265 e. The van der Waals surface area contributed by atoms with Gasteiger partial charge >= 0.3 is 0 Å². The van der Waals surface area contributed by atoms with Gasteiger partial charge in [0.1, 0.15) is 11.3 Å². The lowest BCUT2D eigenvalue weighted by Gasteiger charge is -2.45. The van der Waals surface area contributed by atoms with Gasteiger partial charge in [0.2, 0.25) is 5.88 Å². The second-order valence-corrected chi connectivity index (χ2v) is 10.9. The van der Waals surface area contributed by atoms with Crippen LogP contribution in [0.1, 0.15) is 84.9 Å². The van der Waals surface area contributed by atoms with Crippen LogP contribution in [0.15, 0.2) is 16.2 Å². The van der Waals surface area contributed by atoms with E-state index in [9.17, 15) is 14.7 Å². The summed E-state index contributed by atoms with van der Waals surface area (Å²) in [6.45, 7) is 6.92. The van der Waals surface area contributed by atoms with Crippen LogP contribution in [-0.2, 0) is 11.2 Å². The highest BCUT2D eigenvalue weighted by Gasteiger charge is 2.56. The molecule has 3 unspecified atom stereocenters. The van der Waals surface area contributed by atoms with E-state index in [2.05, 4.69) is 24.0 Å². The zero-order valence-corrected chi connectivity index (χ0v) is 22.9. The number of Topliss-reactive ketones (excluding diaryl/α,β-unsaturated/α-hetero) is 2. The van der Waals surface area contributed by atoms with Gasteiger partial charge in [-0.1, -0.05) is 26.7 Å². The van der Waals surface area contributed by atoms with E-state index in [4.69, 9.17) is 14.0 Å². The van der Waals surface area contributed by atoms with E-state index in [-0.39, 0.29) is 46.6 Å². The fourth-order valence-electron chi connectivity index (χ4n) is 6.30. The van der Waals surface area contributed by atoms with Crippen molar-refractivity contribution in [2.45, 2.75) is 65.3 Å². The Hall–Kier alpha value is -3.20. The number of aliphatic hydroxyl groups is 1. The van der Waals surface area contributed by atoms with Crippen molar-refractivity contribution in [2.24, 2.45) is 17.8 Å². The molecule has 0 radical (unpaired) electrons. The molecule has 0 amide bonds. The first-order chi connectivity index (χ1) is 18.3. The van der Waals surface area contributed by atoms with Crippen LogP contribution in [0.2, 0.25) is 0 Å².